The van der Waals surface area contributed by atoms with E-state index in [0.717, 1.165) is 41.8 Å². The molecule has 0 radical (unpaired) electrons. The predicted molar refractivity (Wildman–Crippen MR) is 163 cm³/mol. The molecule has 0 aromatic heterocycles. The lowest BCUT2D eigenvalue weighted by Crippen LogP contribution is -2.53. The van der Waals surface area contributed by atoms with Gasteiger partial charge in [-0.15, -0.1) is 0 Å². The van der Waals surface area contributed by atoms with E-state index in [9.17, 15) is 18.0 Å². The van der Waals surface area contributed by atoms with E-state index >= 15 is 0 Å². The van der Waals surface area contributed by atoms with Crippen molar-refractivity contribution in [2.45, 2.75) is 57.7 Å². The Morgan fingerprint density at radius 1 is 0.905 bits per heavy atom. The Balaban J connectivity index is 1.58. The van der Waals surface area contributed by atoms with E-state index in [1.165, 1.54) is 4.90 Å². The van der Waals surface area contributed by atoms with Crippen molar-refractivity contribution in [1.29, 1.82) is 0 Å². The van der Waals surface area contributed by atoms with Crippen molar-refractivity contribution in [3.63, 3.8) is 0 Å². The minimum absolute atomic E-state index is 0.0913. The molecule has 224 valence electrons. The highest BCUT2D eigenvalue weighted by molar-refractivity contribution is 7.92. The molecule has 1 aliphatic rings. The van der Waals surface area contributed by atoms with Gasteiger partial charge in [-0.05, 0) is 73.4 Å². The fraction of sp³-hybridized carbons (Fsp3) is 0.375. The lowest BCUT2D eigenvalue weighted by Gasteiger charge is -2.33. The Hall–Kier alpha value is -4.05. The topological polar surface area (TPSA) is 105 Å². The monoisotopic (exact) mass is 593 g/mol. The van der Waals surface area contributed by atoms with E-state index in [2.05, 4.69) is 5.32 Å². The molecule has 3 aromatic carbocycles. The zero-order valence-electron chi connectivity index (χ0n) is 24.4. The third-order valence-electron chi connectivity index (χ3n) is 7.38. The zero-order valence-corrected chi connectivity index (χ0v) is 25.2. The van der Waals surface area contributed by atoms with E-state index in [4.69, 9.17) is 9.47 Å². The van der Waals surface area contributed by atoms with E-state index in [1.54, 1.807) is 43.5 Å². The van der Waals surface area contributed by atoms with Crippen molar-refractivity contribution >= 4 is 27.5 Å². The number of para-hydroxylation sites is 1. The molecular formula is C32H39N3O6S. The average Bonchev–Trinajstić information content (AvgIpc) is 3.49. The molecule has 10 heteroatoms. The van der Waals surface area contributed by atoms with E-state index in [-0.39, 0.29) is 18.5 Å². The second kappa shape index (κ2) is 14.2. The number of benzene rings is 3. The Kier molecular flexibility index (Phi) is 10.5. The van der Waals surface area contributed by atoms with Crippen LogP contribution in [0.1, 0.15) is 44.6 Å². The molecular weight excluding hydrogens is 554 g/mol. The second-order valence-electron chi connectivity index (χ2n) is 10.5. The minimum atomic E-state index is -3.84. The maximum absolute atomic E-state index is 13.9. The molecule has 9 nitrogen and oxygen atoms in total. The number of amides is 2. The molecule has 2 amide bonds. The Bertz CT molecular complexity index is 1420. The van der Waals surface area contributed by atoms with Gasteiger partial charge in [0.05, 0.1) is 19.1 Å². The first-order valence-corrected chi connectivity index (χ1v) is 16.1. The number of ether oxygens (including phenoxy) is 2. The summed E-state index contributed by atoms with van der Waals surface area (Å²) in [6, 6.07) is 22.3. The van der Waals surface area contributed by atoms with Crippen LogP contribution in [0, 0.1) is 0 Å². The summed E-state index contributed by atoms with van der Waals surface area (Å²) in [5.74, 6) is 1.15. The molecule has 0 heterocycles. The van der Waals surface area contributed by atoms with Gasteiger partial charge in [-0.1, -0.05) is 50.1 Å². The Morgan fingerprint density at radius 2 is 1.50 bits per heavy atom. The maximum Gasteiger partial charge on any atom is 0.244 e. The third kappa shape index (κ3) is 8.25. The molecule has 1 aliphatic carbocycles. The molecule has 1 atom stereocenters. The van der Waals surface area contributed by atoms with Crippen LogP contribution in [0.5, 0.6) is 17.2 Å². The molecule has 3 aromatic rings. The van der Waals surface area contributed by atoms with Crippen LogP contribution in [-0.2, 0) is 26.2 Å². The number of carbonyl (C=O) groups excluding carboxylic acids is 2. The van der Waals surface area contributed by atoms with Crippen molar-refractivity contribution in [3.8, 4) is 17.2 Å². The van der Waals surface area contributed by atoms with E-state index < -0.39 is 28.5 Å². The summed E-state index contributed by atoms with van der Waals surface area (Å²) in [6.07, 6.45) is 5.40. The summed E-state index contributed by atoms with van der Waals surface area (Å²) < 4.78 is 38.0. The van der Waals surface area contributed by atoms with Crippen LogP contribution in [-0.4, -0.2) is 57.1 Å². The van der Waals surface area contributed by atoms with E-state index in [1.807, 2.05) is 49.4 Å². The summed E-state index contributed by atoms with van der Waals surface area (Å²) in [6.45, 7) is 1.54. The van der Waals surface area contributed by atoms with Crippen LogP contribution in [0.4, 0.5) is 5.69 Å². The number of methoxy groups -OCH3 is 1. The highest BCUT2D eigenvalue weighted by atomic mass is 32.2. The number of carbonyl (C=O) groups is 2. The SMILES string of the molecule is CC[C@H](C(=O)NC1CCCC1)N(Cc1ccc(OC)cc1)C(=O)CN(c1ccc(Oc2ccccc2)cc1)S(C)(=O)=O. The molecule has 1 fully saturated rings. The summed E-state index contributed by atoms with van der Waals surface area (Å²) in [7, 11) is -2.27. The van der Waals surface area contributed by atoms with Gasteiger partial charge in [0.2, 0.25) is 21.8 Å². The second-order valence-corrected chi connectivity index (χ2v) is 12.4. The van der Waals surface area contributed by atoms with Crippen molar-refractivity contribution in [3.05, 3.63) is 84.4 Å². The molecule has 0 saturated heterocycles. The van der Waals surface area contributed by atoms with Gasteiger partial charge in [0.25, 0.3) is 0 Å². The van der Waals surface area contributed by atoms with Gasteiger partial charge in [0, 0.05) is 12.6 Å². The molecule has 1 saturated carbocycles. The minimum Gasteiger partial charge on any atom is -0.497 e. The highest BCUT2D eigenvalue weighted by Crippen LogP contribution is 2.26. The van der Waals surface area contributed by atoms with Gasteiger partial charge in [0.1, 0.15) is 29.8 Å². The van der Waals surface area contributed by atoms with Crippen molar-refractivity contribution in [1.82, 2.24) is 10.2 Å². The van der Waals surface area contributed by atoms with Crippen molar-refractivity contribution < 1.29 is 27.5 Å². The quantitative estimate of drug-likeness (QED) is 0.295. The molecule has 1 N–H and O–H groups in total. The number of rotatable bonds is 13. The standard InChI is InChI=1S/C32H39N3O6S/c1-4-30(32(37)33-25-10-8-9-11-25)34(22-24-14-18-27(40-2)19-15-24)31(36)23-35(42(3,38)39)26-16-20-29(21-17-26)41-28-12-6-5-7-13-28/h5-7,12-21,25,30H,4,8-11,22-23H2,1-3H3,(H,33,37)/t30-/m1/s1. The normalized spacial score (nSPS) is 14.2. The Labute approximate surface area is 248 Å². The largest absolute Gasteiger partial charge is 0.497 e. The van der Waals surface area contributed by atoms with Gasteiger partial charge in [0.15, 0.2) is 0 Å². The summed E-state index contributed by atoms with van der Waals surface area (Å²) in [5.41, 5.74) is 1.11. The van der Waals surface area contributed by atoms with Gasteiger partial charge >= 0.3 is 0 Å². The molecule has 0 unspecified atom stereocenters. The number of hydrogen-bond donors (Lipinski definition) is 1. The fourth-order valence-electron chi connectivity index (χ4n) is 5.13. The molecule has 0 bridgehead atoms. The number of sulfonamides is 1. The number of nitrogens with zero attached hydrogens (tertiary/aromatic N) is 2. The first-order valence-electron chi connectivity index (χ1n) is 14.2. The first kappa shape index (κ1) is 30.9. The lowest BCUT2D eigenvalue weighted by atomic mass is 10.1. The fourth-order valence-corrected chi connectivity index (χ4v) is 5.98. The third-order valence-corrected chi connectivity index (χ3v) is 8.52. The van der Waals surface area contributed by atoms with Crippen molar-refractivity contribution in [2.24, 2.45) is 0 Å². The maximum atomic E-state index is 13.9. The average molecular weight is 594 g/mol. The molecule has 4 rings (SSSR count). The summed E-state index contributed by atoms with van der Waals surface area (Å²) >= 11 is 0. The van der Waals surface area contributed by atoms with Crippen LogP contribution >= 0.6 is 0 Å². The van der Waals surface area contributed by atoms with Crippen LogP contribution < -0.4 is 19.1 Å². The van der Waals surface area contributed by atoms with Crippen LogP contribution in [0.15, 0.2) is 78.9 Å². The Morgan fingerprint density at radius 3 is 2.07 bits per heavy atom. The van der Waals surface area contributed by atoms with Crippen LogP contribution in [0.25, 0.3) is 0 Å². The van der Waals surface area contributed by atoms with E-state index in [0.29, 0.717) is 29.4 Å². The molecule has 0 aliphatic heterocycles. The number of anilines is 1. The first-order chi connectivity index (χ1) is 20.2. The lowest BCUT2D eigenvalue weighted by molar-refractivity contribution is -0.140. The summed E-state index contributed by atoms with van der Waals surface area (Å²) in [5, 5.41) is 3.11. The van der Waals surface area contributed by atoms with Gasteiger partial charge in [-0.2, -0.15) is 0 Å². The van der Waals surface area contributed by atoms with Gasteiger partial charge < -0.3 is 19.7 Å². The van der Waals surface area contributed by atoms with Gasteiger partial charge in [-0.3, -0.25) is 13.9 Å². The smallest absolute Gasteiger partial charge is 0.244 e. The molecule has 0 spiro atoms. The number of nitrogens with one attached hydrogen (secondary N) is 1. The van der Waals surface area contributed by atoms with Gasteiger partial charge in [-0.25, -0.2) is 8.42 Å². The number of hydrogen-bond acceptors (Lipinski definition) is 6. The predicted octanol–water partition coefficient (Wildman–Crippen LogP) is 5.12. The van der Waals surface area contributed by atoms with Crippen LogP contribution in [0.2, 0.25) is 0 Å². The molecule has 42 heavy (non-hydrogen) atoms. The van der Waals surface area contributed by atoms with Crippen molar-refractivity contribution in [2.75, 3.05) is 24.2 Å². The highest BCUT2D eigenvalue weighted by Gasteiger charge is 2.33. The van der Waals surface area contributed by atoms with Crippen LogP contribution in [0.3, 0.4) is 0 Å². The summed E-state index contributed by atoms with van der Waals surface area (Å²) in [4.78, 5) is 28.9. The zero-order chi connectivity index (χ0) is 30.1.